The molecule has 1 aliphatic carbocycles. The van der Waals surface area contributed by atoms with E-state index < -0.39 is 17.5 Å². The summed E-state index contributed by atoms with van der Waals surface area (Å²) in [5.41, 5.74) is -0.328. The standard InChI is InChI=1S/C17H18F2N2O/c1-11-4-2-3-5-16(11)21-17(22)13(10-20)8-12-9-14(18)6-7-15(12)19/h6-9,11,16H,2-5H2,1H3,(H,21,22)/b13-8+/t11-,16-/m1/s1. The first-order valence-electron chi connectivity index (χ1n) is 7.39. The fourth-order valence-electron chi connectivity index (χ4n) is 2.71. The summed E-state index contributed by atoms with van der Waals surface area (Å²) in [6.07, 6.45) is 5.18. The van der Waals surface area contributed by atoms with Crippen LogP contribution in [0.5, 0.6) is 0 Å². The number of carbonyl (C=O) groups excluding carboxylic acids is 1. The Labute approximate surface area is 128 Å². The molecule has 1 fully saturated rings. The molecule has 22 heavy (non-hydrogen) atoms. The predicted molar refractivity (Wildman–Crippen MR) is 79.5 cm³/mol. The molecule has 1 aromatic rings. The first-order chi connectivity index (χ1) is 10.5. The lowest BCUT2D eigenvalue weighted by Crippen LogP contribution is -2.41. The fraction of sp³-hybridized carbons (Fsp3) is 0.412. The van der Waals surface area contributed by atoms with Crippen LogP contribution in [-0.2, 0) is 4.79 Å². The van der Waals surface area contributed by atoms with Gasteiger partial charge in [0.2, 0.25) is 0 Å². The SMILES string of the molecule is C[C@@H]1CCCC[C@H]1NC(=O)/C(C#N)=C/c1cc(F)ccc1F. The highest BCUT2D eigenvalue weighted by Crippen LogP contribution is 2.24. The van der Waals surface area contributed by atoms with E-state index in [0.29, 0.717) is 5.92 Å². The normalized spacial score (nSPS) is 22.0. The Morgan fingerprint density at radius 1 is 1.36 bits per heavy atom. The molecule has 5 heteroatoms. The molecule has 0 aliphatic heterocycles. The van der Waals surface area contributed by atoms with Gasteiger partial charge in [-0.2, -0.15) is 5.26 Å². The number of nitrogens with zero attached hydrogens (tertiary/aromatic N) is 1. The van der Waals surface area contributed by atoms with Gasteiger partial charge in [0.05, 0.1) is 0 Å². The highest BCUT2D eigenvalue weighted by molar-refractivity contribution is 6.01. The third-order valence-electron chi connectivity index (χ3n) is 4.05. The quantitative estimate of drug-likeness (QED) is 0.685. The molecule has 2 rings (SSSR count). The lowest BCUT2D eigenvalue weighted by Gasteiger charge is -2.29. The molecule has 1 amide bonds. The van der Waals surface area contributed by atoms with Gasteiger partial charge in [0, 0.05) is 11.6 Å². The predicted octanol–water partition coefficient (Wildman–Crippen LogP) is 3.57. The van der Waals surface area contributed by atoms with E-state index in [1.807, 2.05) is 0 Å². The highest BCUT2D eigenvalue weighted by atomic mass is 19.1. The van der Waals surface area contributed by atoms with E-state index in [-0.39, 0.29) is 17.2 Å². The first-order valence-corrected chi connectivity index (χ1v) is 7.39. The van der Waals surface area contributed by atoms with E-state index >= 15 is 0 Å². The summed E-state index contributed by atoms with van der Waals surface area (Å²) < 4.78 is 26.7. The van der Waals surface area contributed by atoms with Crippen molar-refractivity contribution in [1.29, 1.82) is 5.26 Å². The second-order valence-electron chi connectivity index (χ2n) is 5.68. The van der Waals surface area contributed by atoms with E-state index in [9.17, 15) is 13.6 Å². The molecule has 0 radical (unpaired) electrons. The minimum atomic E-state index is -0.673. The topological polar surface area (TPSA) is 52.9 Å². The van der Waals surface area contributed by atoms with Crippen LogP contribution in [0, 0.1) is 28.9 Å². The Morgan fingerprint density at radius 3 is 2.77 bits per heavy atom. The van der Waals surface area contributed by atoms with Crippen LogP contribution < -0.4 is 5.32 Å². The Morgan fingerprint density at radius 2 is 2.09 bits per heavy atom. The van der Waals surface area contributed by atoms with Crippen LogP contribution in [0.25, 0.3) is 6.08 Å². The van der Waals surface area contributed by atoms with Gasteiger partial charge in [-0.25, -0.2) is 8.78 Å². The Hall–Kier alpha value is -2.22. The van der Waals surface area contributed by atoms with Crippen molar-refractivity contribution in [3.05, 3.63) is 41.0 Å². The molecule has 0 saturated heterocycles. The van der Waals surface area contributed by atoms with E-state index in [0.717, 1.165) is 50.0 Å². The van der Waals surface area contributed by atoms with Gasteiger partial charge >= 0.3 is 0 Å². The second kappa shape index (κ2) is 7.17. The summed E-state index contributed by atoms with van der Waals surface area (Å²) in [5, 5.41) is 11.9. The van der Waals surface area contributed by atoms with Crippen LogP contribution in [0.15, 0.2) is 23.8 Å². The summed E-state index contributed by atoms with van der Waals surface area (Å²) in [5.74, 6) is -1.48. The first kappa shape index (κ1) is 16.2. The zero-order valence-corrected chi connectivity index (χ0v) is 12.4. The minimum Gasteiger partial charge on any atom is -0.348 e. The smallest absolute Gasteiger partial charge is 0.262 e. The Bertz CT molecular complexity index is 634. The van der Waals surface area contributed by atoms with Crippen molar-refractivity contribution in [3.63, 3.8) is 0 Å². The van der Waals surface area contributed by atoms with Gasteiger partial charge in [0.1, 0.15) is 23.3 Å². The summed E-state index contributed by atoms with van der Waals surface area (Å²) in [6, 6.07) is 4.70. The molecule has 1 aromatic carbocycles. The number of rotatable bonds is 3. The number of benzene rings is 1. The van der Waals surface area contributed by atoms with Crippen LogP contribution in [0.2, 0.25) is 0 Å². The number of hydrogen-bond donors (Lipinski definition) is 1. The van der Waals surface area contributed by atoms with Crippen LogP contribution in [0.1, 0.15) is 38.2 Å². The molecule has 1 N–H and O–H groups in total. The van der Waals surface area contributed by atoms with Gasteiger partial charge in [0.25, 0.3) is 5.91 Å². The van der Waals surface area contributed by atoms with Gasteiger partial charge < -0.3 is 5.32 Å². The van der Waals surface area contributed by atoms with Gasteiger partial charge in [-0.1, -0.05) is 19.8 Å². The van der Waals surface area contributed by atoms with Crippen molar-refractivity contribution in [2.75, 3.05) is 0 Å². The highest BCUT2D eigenvalue weighted by Gasteiger charge is 2.24. The van der Waals surface area contributed by atoms with Gasteiger partial charge in [-0.15, -0.1) is 0 Å². The van der Waals surface area contributed by atoms with Gasteiger partial charge in [-0.3, -0.25) is 4.79 Å². The Kier molecular flexibility index (Phi) is 5.26. The molecule has 0 bridgehead atoms. The summed E-state index contributed by atoms with van der Waals surface area (Å²) in [7, 11) is 0. The van der Waals surface area contributed by atoms with E-state index in [1.54, 1.807) is 6.07 Å². The maximum Gasteiger partial charge on any atom is 0.262 e. The second-order valence-corrected chi connectivity index (χ2v) is 5.68. The zero-order valence-electron chi connectivity index (χ0n) is 12.4. The van der Waals surface area contributed by atoms with Gasteiger partial charge in [0.15, 0.2) is 0 Å². The van der Waals surface area contributed by atoms with Crippen LogP contribution in [-0.4, -0.2) is 11.9 Å². The van der Waals surface area contributed by atoms with E-state index in [4.69, 9.17) is 5.26 Å². The summed E-state index contributed by atoms with van der Waals surface area (Å²) in [4.78, 5) is 12.2. The lowest BCUT2D eigenvalue weighted by molar-refractivity contribution is -0.118. The molecule has 0 heterocycles. The molecule has 1 saturated carbocycles. The monoisotopic (exact) mass is 304 g/mol. The van der Waals surface area contributed by atoms with Crippen molar-refractivity contribution < 1.29 is 13.6 Å². The number of nitrogens with one attached hydrogen (secondary N) is 1. The number of amides is 1. The number of halogens is 2. The van der Waals surface area contributed by atoms with E-state index in [1.165, 1.54) is 0 Å². The molecule has 0 spiro atoms. The third-order valence-corrected chi connectivity index (χ3v) is 4.05. The molecule has 1 aliphatic rings. The average Bonchev–Trinajstić information content (AvgIpc) is 2.50. The number of hydrogen-bond acceptors (Lipinski definition) is 2. The largest absolute Gasteiger partial charge is 0.348 e. The zero-order chi connectivity index (χ0) is 16.1. The summed E-state index contributed by atoms with van der Waals surface area (Å²) in [6.45, 7) is 2.06. The maximum absolute atomic E-state index is 13.6. The number of carbonyl (C=O) groups is 1. The average molecular weight is 304 g/mol. The molecule has 3 nitrogen and oxygen atoms in total. The van der Waals surface area contributed by atoms with Gasteiger partial charge in [-0.05, 0) is 43.0 Å². The van der Waals surface area contributed by atoms with Crippen molar-refractivity contribution in [2.24, 2.45) is 5.92 Å². The molecule has 0 aromatic heterocycles. The summed E-state index contributed by atoms with van der Waals surface area (Å²) >= 11 is 0. The molecule has 2 atom stereocenters. The lowest BCUT2D eigenvalue weighted by atomic mass is 9.86. The van der Waals surface area contributed by atoms with Crippen LogP contribution >= 0.6 is 0 Å². The fourth-order valence-corrected chi connectivity index (χ4v) is 2.71. The number of nitriles is 1. The van der Waals surface area contributed by atoms with Crippen molar-refractivity contribution in [2.45, 2.75) is 38.6 Å². The maximum atomic E-state index is 13.6. The van der Waals surface area contributed by atoms with Crippen LogP contribution in [0.4, 0.5) is 8.78 Å². The Balaban J connectivity index is 2.16. The third kappa shape index (κ3) is 3.91. The molecular weight excluding hydrogens is 286 g/mol. The minimum absolute atomic E-state index is 0.0235. The van der Waals surface area contributed by atoms with Crippen LogP contribution in [0.3, 0.4) is 0 Å². The molecule has 0 unspecified atom stereocenters. The van der Waals surface area contributed by atoms with E-state index in [2.05, 4.69) is 12.2 Å². The van der Waals surface area contributed by atoms with Crippen molar-refractivity contribution in [3.8, 4) is 6.07 Å². The van der Waals surface area contributed by atoms with Crippen molar-refractivity contribution >= 4 is 12.0 Å². The molecular formula is C17H18F2N2O. The van der Waals surface area contributed by atoms with Crippen molar-refractivity contribution in [1.82, 2.24) is 5.32 Å². The molecule has 116 valence electrons.